The molecular formula is C34H40N6O6. The van der Waals surface area contributed by atoms with E-state index in [0.717, 1.165) is 86.5 Å². The van der Waals surface area contributed by atoms with E-state index in [1.165, 1.54) is 48.5 Å². The van der Waals surface area contributed by atoms with Gasteiger partial charge in [0, 0.05) is 35.6 Å². The van der Waals surface area contributed by atoms with E-state index in [4.69, 9.17) is 0 Å². The van der Waals surface area contributed by atoms with Crippen molar-refractivity contribution in [3.63, 3.8) is 0 Å². The first kappa shape index (κ1) is 32.4. The van der Waals surface area contributed by atoms with Crippen LogP contribution in [0.1, 0.15) is 87.5 Å². The summed E-state index contributed by atoms with van der Waals surface area (Å²) in [5.41, 5.74) is 4.25. The minimum atomic E-state index is -0.576. The smallest absolute Gasteiger partial charge is 0.319 e. The van der Waals surface area contributed by atoms with Gasteiger partial charge in [-0.2, -0.15) is 0 Å². The lowest BCUT2D eigenvalue weighted by molar-refractivity contribution is -0.385. The number of nitro benzene ring substituents is 2. The number of amides is 4. The Hall–Kier alpha value is -5.00. The summed E-state index contributed by atoms with van der Waals surface area (Å²) < 4.78 is 0. The maximum Gasteiger partial charge on any atom is 0.319 e. The second-order valence-electron chi connectivity index (χ2n) is 12.3. The maximum absolute atomic E-state index is 13.3. The lowest BCUT2D eigenvalue weighted by Gasteiger charge is -2.44. The van der Waals surface area contributed by atoms with Crippen LogP contribution in [0.5, 0.6) is 0 Å². The van der Waals surface area contributed by atoms with Gasteiger partial charge in [0.2, 0.25) is 0 Å². The molecule has 242 valence electrons. The molecule has 4 amide bonds. The van der Waals surface area contributed by atoms with Crippen LogP contribution in [-0.4, -0.2) is 21.9 Å². The molecule has 0 saturated heterocycles. The first-order valence-corrected chi connectivity index (χ1v) is 15.9. The molecule has 46 heavy (non-hydrogen) atoms. The number of rotatable bonds is 10. The van der Waals surface area contributed by atoms with E-state index in [-0.39, 0.29) is 23.4 Å². The second-order valence-corrected chi connectivity index (χ2v) is 12.3. The zero-order valence-corrected chi connectivity index (χ0v) is 26.2. The summed E-state index contributed by atoms with van der Waals surface area (Å²) in [5.74, 6) is 0. The Labute approximate surface area is 267 Å². The van der Waals surface area contributed by atoms with Gasteiger partial charge >= 0.3 is 12.1 Å². The van der Waals surface area contributed by atoms with E-state index in [1.807, 2.05) is 0 Å². The Kier molecular flexibility index (Phi) is 9.54. The molecule has 12 heteroatoms. The molecule has 0 unspecified atom stereocenters. The van der Waals surface area contributed by atoms with Gasteiger partial charge in [-0.15, -0.1) is 0 Å². The van der Waals surface area contributed by atoms with Gasteiger partial charge in [0.05, 0.1) is 20.9 Å². The van der Waals surface area contributed by atoms with Gasteiger partial charge in [-0.05, 0) is 97.9 Å². The van der Waals surface area contributed by atoms with Crippen LogP contribution in [0, 0.1) is 20.2 Å². The first-order valence-electron chi connectivity index (χ1n) is 15.9. The predicted molar refractivity (Wildman–Crippen MR) is 176 cm³/mol. The Bertz CT molecular complexity index is 1510. The van der Waals surface area contributed by atoms with Crippen molar-refractivity contribution in [3.05, 3.63) is 103 Å². The number of fused-ring (bicyclic) bond motifs is 2. The van der Waals surface area contributed by atoms with Crippen LogP contribution in [-0.2, 0) is 23.9 Å². The highest BCUT2D eigenvalue weighted by molar-refractivity contribution is 5.91. The van der Waals surface area contributed by atoms with Crippen LogP contribution in [0.4, 0.5) is 32.3 Å². The maximum atomic E-state index is 13.3. The third kappa shape index (κ3) is 6.80. The zero-order chi connectivity index (χ0) is 32.9. The molecule has 0 aromatic heterocycles. The minimum absolute atomic E-state index is 0.0446. The zero-order valence-electron chi connectivity index (χ0n) is 26.2. The quantitative estimate of drug-likeness (QED) is 0.132. The molecule has 0 radical (unpaired) electrons. The van der Waals surface area contributed by atoms with Crippen LogP contribution in [0.2, 0.25) is 0 Å². The molecule has 0 bridgehead atoms. The molecule has 2 aliphatic rings. The number of hydrogen-bond acceptors (Lipinski definition) is 6. The third-order valence-corrected chi connectivity index (χ3v) is 9.19. The van der Waals surface area contributed by atoms with Crippen molar-refractivity contribution in [3.8, 4) is 0 Å². The number of nitrogens with one attached hydrogen (secondary N) is 4. The Morgan fingerprint density at radius 3 is 1.37 bits per heavy atom. The normalized spacial score (nSPS) is 20.0. The number of benzene rings is 3. The van der Waals surface area contributed by atoms with Crippen LogP contribution in [0.25, 0.3) is 0 Å². The van der Waals surface area contributed by atoms with Crippen LogP contribution in [0.15, 0.2) is 60.7 Å². The Morgan fingerprint density at radius 2 is 1.04 bits per heavy atom. The lowest BCUT2D eigenvalue weighted by atomic mass is 9.68. The highest BCUT2D eigenvalue weighted by Crippen LogP contribution is 2.45. The van der Waals surface area contributed by atoms with E-state index in [1.54, 1.807) is 0 Å². The number of nitrogens with zero attached hydrogens (tertiary/aromatic N) is 2. The van der Waals surface area contributed by atoms with Gasteiger partial charge in [0.25, 0.3) is 11.4 Å². The SMILES string of the molecule is CCC[C@]1(NC(=O)Nc2ccc([N+](=O)[O-])cc2)CCCc2cc3c(cc21)CCC[C@]3(CCC)NC(=O)Nc1ccc([N+](=O)[O-])cc1. The van der Waals surface area contributed by atoms with E-state index in [9.17, 15) is 29.8 Å². The monoisotopic (exact) mass is 628 g/mol. The first-order chi connectivity index (χ1) is 22.1. The van der Waals surface area contributed by atoms with E-state index in [2.05, 4.69) is 47.2 Å². The summed E-state index contributed by atoms with van der Waals surface area (Å²) in [6, 6.07) is 15.3. The van der Waals surface area contributed by atoms with Crippen LogP contribution < -0.4 is 21.3 Å². The number of non-ortho nitro benzene ring substituents is 2. The highest BCUT2D eigenvalue weighted by atomic mass is 16.6. The van der Waals surface area contributed by atoms with Gasteiger partial charge in [-0.3, -0.25) is 20.2 Å². The molecule has 0 aliphatic heterocycles. The number of nitro groups is 2. The molecule has 5 rings (SSSR count). The lowest BCUT2D eigenvalue weighted by Crippen LogP contribution is -2.51. The second kappa shape index (κ2) is 13.6. The summed E-state index contributed by atoms with van der Waals surface area (Å²) in [7, 11) is 0. The summed E-state index contributed by atoms with van der Waals surface area (Å²) in [6.45, 7) is 4.20. The van der Waals surface area contributed by atoms with Gasteiger partial charge < -0.3 is 21.3 Å². The fourth-order valence-corrected chi connectivity index (χ4v) is 7.27. The van der Waals surface area contributed by atoms with E-state index in [0.29, 0.717) is 11.4 Å². The predicted octanol–water partition coefficient (Wildman–Crippen LogP) is 7.81. The molecule has 0 heterocycles. The van der Waals surface area contributed by atoms with E-state index >= 15 is 0 Å². The molecular weight excluding hydrogens is 588 g/mol. The summed E-state index contributed by atoms with van der Waals surface area (Å²) in [4.78, 5) is 47.8. The average molecular weight is 629 g/mol. The minimum Gasteiger partial charge on any atom is -0.328 e. The average Bonchev–Trinajstić information content (AvgIpc) is 3.01. The number of anilines is 2. The van der Waals surface area contributed by atoms with Gasteiger partial charge in [-0.25, -0.2) is 9.59 Å². The number of carbonyl (C=O) groups excluding carboxylic acids is 2. The van der Waals surface area contributed by atoms with Crippen LogP contribution in [0.3, 0.4) is 0 Å². The fourth-order valence-electron chi connectivity index (χ4n) is 7.27. The molecule has 12 nitrogen and oxygen atoms in total. The summed E-state index contributed by atoms with van der Waals surface area (Å²) in [6.07, 6.45) is 8.29. The van der Waals surface area contributed by atoms with Crippen molar-refractivity contribution >= 4 is 34.8 Å². The summed E-state index contributed by atoms with van der Waals surface area (Å²) in [5, 5.41) is 34.3. The third-order valence-electron chi connectivity index (χ3n) is 9.19. The topological polar surface area (TPSA) is 169 Å². The van der Waals surface area contributed by atoms with E-state index < -0.39 is 20.9 Å². The van der Waals surface area contributed by atoms with Gasteiger partial charge in [0.1, 0.15) is 0 Å². The van der Waals surface area contributed by atoms with Crippen molar-refractivity contribution in [2.24, 2.45) is 0 Å². The molecule has 0 spiro atoms. The fraction of sp³-hybridized carbons (Fsp3) is 0.412. The van der Waals surface area contributed by atoms with Crippen molar-refractivity contribution in [2.45, 2.75) is 89.1 Å². The largest absolute Gasteiger partial charge is 0.328 e. The highest BCUT2D eigenvalue weighted by Gasteiger charge is 2.42. The number of hydrogen-bond donors (Lipinski definition) is 4. The molecule has 0 fully saturated rings. The van der Waals surface area contributed by atoms with Crippen molar-refractivity contribution in [1.82, 2.24) is 10.6 Å². The molecule has 0 saturated carbocycles. The Morgan fingerprint density at radius 1 is 0.674 bits per heavy atom. The number of carbonyl (C=O) groups is 2. The molecule has 3 aromatic carbocycles. The molecule has 4 N–H and O–H groups in total. The van der Waals surface area contributed by atoms with Crippen molar-refractivity contribution < 1.29 is 19.4 Å². The van der Waals surface area contributed by atoms with Crippen molar-refractivity contribution in [2.75, 3.05) is 10.6 Å². The van der Waals surface area contributed by atoms with Crippen LogP contribution >= 0.6 is 0 Å². The molecule has 2 aliphatic carbocycles. The van der Waals surface area contributed by atoms with Crippen molar-refractivity contribution in [1.29, 1.82) is 0 Å². The van der Waals surface area contributed by atoms with Gasteiger partial charge in [-0.1, -0.05) is 38.8 Å². The van der Waals surface area contributed by atoms with Gasteiger partial charge in [0.15, 0.2) is 0 Å². The number of aryl methyl sites for hydroxylation is 2. The summed E-state index contributed by atoms with van der Waals surface area (Å²) >= 11 is 0. The molecule has 3 aromatic rings. The Balaban J connectivity index is 1.42. The standard InChI is InChI=1S/C34H40N6O6/c1-3-17-33(37-31(41)35-25-9-13-27(14-10-25)39(43)44)19-5-7-23-22-30-24(21-29(23)33)8-6-20-34(30,18-4-2)38-32(42)36-26-11-15-28(16-12-26)40(45)46/h9-16,21-22H,3-8,17-20H2,1-2H3,(H2,35,37,41)(H2,36,38,42)/t33-,34-/m0/s1. The molecule has 2 atom stereocenters. The number of urea groups is 2.